The molecule has 0 spiro atoms. The molecule has 1 heterocycles. The van der Waals surface area contributed by atoms with Crippen LogP contribution >= 0.6 is 0 Å². The Bertz CT molecular complexity index is 290. The first-order valence-electron chi connectivity index (χ1n) is 6.83. The van der Waals surface area contributed by atoms with Crippen molar-refractivity contribution in [3.05, 3.63) is 0 Å². The minimum absolute atomic E-state index is 0.00273. The van der Waals surface area contributed by atoms with Crippen molar-refractivity contribution in [2.75, 3.05) is 40.0 Å². The third-order valence-electron chi connectivity index (χ3n) is 3.13. The average Bonchev–Trinajstić information content (AvgIpc) is 2.87. The molecule has 1 unspecified atom stereocenters. The Morgan fingerprint density at radius 2 is 2.21 bits per heavy atom. The van der Waals surface area contributed by atoms with Crippen LogP contribution in [0.15, 0.2) is 0 Å². The van der Waals surface area contributed by atoms with Crippen molar-refractivity contribution in [1.82, 2.24) is 10.2 Å². The summed E-state index contributed by atoms with van der Waals surface area (Å²) in [5.74, 6) is -0.393. The Hall–Kier alpha value is -1.14. The van der Waals surface area contributed by atoms with Crippen molar-refractivity contribution in [2.24, 2.45) is 0 Å². The predicted octanol–water partition coefficient (Wildman–Crippen LogP) is 0.167. The van der Waals surface area contributed by atoms with Gasteiger partial charge < -0.3 is 19.7 Å². The zero-order valence-corrected chi connectivity index (χ0v) is 11.8. The Morgan fingerprint density at radius 3 is 2.79 bits per heavy atom. The van der Waals surface area contributed by atoms with Crippen molar-refractivity contribution in [3.63, 3.8) is 0 Å². The molecule has 0 saturated carbocycles. The number of ether oxygens (including phenoxy) is 2. The second kappa shape index (κ2) is 8.87. The molecule has 110 valence electrons. The van der Waals surface area contributed by atoms with Crippen LogP contribution in [-0.4, -0.2) is 62.8 Å². The van der Waals surface area contributed by atoms with Gasteiger partial charge in [-0.2, -0.15) is 0 Å². The van der Waals surface area contributed by atoms with Gasteiger partial charge in [-0.05, 0) is 26.3 Å². The zero-order valence-electron chi connectivity index (χ0n) is 11.8. The summed E-state index contributed by atoms with van der Waals surface area (Å²) < 4.78 is 9.86. The summed E-state index contributed by atoms with van der Waals surface area (Å²) >= 11 is 0. The van der Waals surface area contributed by atoms with Crippen molar-refractivity contribution in [1.29, 1.82) is 0 Å². The van der Waals surface area contributed by atoms with Gasteiger partial charge in [0.05, 0.1) is 13.2 Å². The van der Waals surface area contributed by atoms with E-state index in [9.17, 15) is 9.59 Å². The maximum Gasteiger partial charge on any atom is 0.325 e. The lowest BCUT2D eigenvalue weighted by molar-refractivity contribution is -0.149. The highest BCUT2D eigenvalue weighted by molar-refractivity contribution is 5.82. The molecule has 0 bridgehead atoms. The summed E-state index contributed by atoms with van der Waals surface area (Å²) in [7, 11) is 1.57. The van der Waals surface area contributed by atoms with Crippen LogP contribution in [0, 0.1) is 0 Å². The molecule has 19 heavy (non-hydrogen) atoms. The lowest BCUT2D eigenvalue weighted by Crippen LogP contribution is -2.41. The van der Waals surface area contributed by atoms with Gasteiger partial charge in [0.2, 0.25) is 5.91 Å². The number of carbonyl (C=O) groups is 2. The average molecular weight is 272 g/mol. The molecule has 1 fully saturated rings. The molecule has 1 amide bonds. The van der Waals surface area contributed by atoms with Crippen LogP contribution < -0.4 is 5.32 Å². The molecule has 1 aliphatic heterocycles. The van der Waals surface area contributed by atoms with Gasteiger partial charge in [-0.15, -0.1) is 0 Å². The molecule has 1 atom stereocenters. The molecule has 1 rings (SSSR count). The van der Waals surface area contributed by atoms with Crippen molar-refractivity contribution < 1.29 is 19.1 Å². The Kier molecular flexibility index (Phi) is 7.43. The van der Waals surface area contributed by atoms with E-state index in [-0.39, 0.29) is 24.5 Å². The predicted molar refractivity (Wildman–Crippen MR) is 70.7 cm³/mol. The number of hydrogen-bond acceptors (Lipinski definition) is 5. The highest BCUT2D eigenvalue weighted by Crippen LogP contribution is 2.10. The van der Waals surface area contributed by atoms with Gasteiger partial charge in [0.1, 0.15) is 6.54 Å². The molecule has 0 aromatic carbocycles. The van der Waals surface area contributed by atoms with E-state index in [2.05, 4.69) is 5.32 Å². The molecular weight excluding hydrogens is 248 g/mol. The topological polar surface area (TPSA) is 67.9 Å². The summed E-state index contributed by atoms with van der Waals surface area (Å²) in [6.07, 6.45) is 2.56. The third kappa shape index (κ3) is 6.02. The van der Waals surface area contributed by atoms with E-state index in [0.717, 1.165) is 19.4 Å². The summed E-state index contributed by atoms with van der Waals surface area (Å²) in [6.45, 7) is 3.89. The van der Waals surface area contributed by atoms with Crippen LogP contribution in [0.25, 0.3) is 0 Å². The van der Waals surface area contributed by atoms with E-state index < -0.39 is 0 Å². The fraction of sp³-hybridized carbons (Fsp3) is 0.846. The molecule has 6 nitrogen and oxygen atoms in total. The highest BCUT2D eigenvalue weighted by atomic mass is 16.5. The van der Waals surface area contributed by atoms with Gasteiger partial charge >= 0.3 is 5.97 Å². The van der Waals surface area contributed by atoms with Gasteiger partial charge in [0, 0.05) is 26.1 Å². The first-order valence-corrected chi connectivity index (χ1v) is 6.83. The van der Waals surface area contributed by atoms with E-state index in [1.807, 2.05) is 0 Å². The van der Waals surface area contributed by atoms with Crippen molar-refractivity contribution in [2.45, 2.75) is 32.2 Å². The molecule has 0 radical (unpaired) electrons. The molecule has 0 aromatic rings. The monoisotopic (exact) mass is 272 g/mol. The van der Waals surface area contributed by atoms with E-state index in [1.54, 1.807) is 14.0 Å². The second-order valence-corrected chi connectivity index (χ2v) is 4.61. The Balaban J connectivity index is 2.45. The first-order chi connectivity index (χ1) is 9.17. The van der Waals surface area contributed by atoms with E-state index in [0.29, 0.717) is 26.2 Å². The maximum absolute atomic E-state index is 12.2. The third-order valence-corrected chi connectivity index (χ3v) is 3.13. The largest absolute Gasteiger partial charge is 0.465 e. The molecule has 0 aliphatic carbocycles. The molecule has 1 saturated heterocycles. The van der Waals surface area contributed by atoms with Crippen LogP contribution in [-0.2, 0) is 19.1 Å². The molecule has 1 N–H and O–H groups in total. The molecule has 6 heteroatoms. The van der Waals surface area contributed by atoms with E-state index in [4.69, 9.17) is 9.47 Å². The normalized spacial score (nSPS) is 18.3. The van der Waals surface area contributed by atoms with Crippen LogP contribution in [0.3, 0.4) is 0 Å². The summed E-state index contributed by atoms with van der Waals surface area (Å²) in [5.41, 5.74) is 0. The highest BCUT2D eigenvalue weighted by Gasteiger charge is 2.23. The van der Waals surface area contributed by atoms with Crippen molar-refractivity contribution in [3.8, 4) is 0 Å². The van der Waals surface area contributed by atoms with E-state index >= 15 is 0 Å². The van der Waals surface area contributed by atoms with Crippen LogP contribution in [0.1, 0.15) is 26.2 Å². The van der Waals surface area contributed by atoms with Gasteiger partial charge in [0.25, 0.3) is 0 Å². The quantitative estimate of drug-likeness (QED) is 0.638. The fourth-order valence-corrected chi connectivity index (χ4v) is 2.13. The standard InChI is InChI=1S/C13H24N2O4/c1-3-19-13(17)10-15(7-8-18-2)12(16)9-11-5-4-6-14-11/h11,14H,3-10H2,1-2H3. The summed E-state index contributed by atoms with van der Waals surface area (Å²) in [6, 6.07) is 0.236. The number of rotatable bonds is 8. The van der Waals surface area contributed by atoms with Crippen molar-refractivity contribution >= 4 is 11.9 Å². The summed E-state index contributed by atoms with van der Waals surface area (Å²) in [5, 5.41) is 3.28. The van der Waals surface area contributed by atoms with Gasteiger partial charge in [-0.25, -0.2) is 0 Å². The first kappa shape index (κ1) is 15.9. The molecule has 0 aromatic heterocycles. The van der Waals surface area contributed by atoms with Gasteiger partial charge in [-0.3, -0.25) is 9.59 Å². The van der Waals surface area contributed by atoms with Crippen LogP contribution in [0.2, 0.25) is 0 Å². The SMILES string of the molecule is CCOC(=O)CN(CCOC)C(=O)CC1CCCN1. The van der Waals surface area contributed by atoms with Gasteiger partial charge in [0.15, 0.2) is 0 Å². The fourth-order valence-electron chi connectivity index (χ4n) is 2.13. The Labute approximate surface area is 114 Å². The lowest BCUT2D eigenvalue weighted by Gasteiger charge is -2.23. The number of carbonyl (C=O) groups excluding carboxylic acids is 2. The number of nitrogens with one attached hydrogen (secondary N) is 1. The zero-order chi connectivity index (χ0) is 14.1. The Morgan fingerprint density at radius 1 is 1.42 bits per heavy atom. The molecule has 1 aliphatic rings. The van der Waals surface area contributed by atoms with Gasteiger partial charge in [-0.1, -0.05) is 0 Å². The minimum Gasteiger partial charge on any atom is -0.465 e. The second-order valence-electron chi connectivity index (χ2n) is 4.61. The number of hydrogen-bond donors (Lipinski definition) is 1. The maximum atomic E-state index is 12.2. The lowest BCUT2D eigenvalue weighted by atomic mass is 10.1. The van der Waals surface area contributed by atoms with Crippen LogP contribution in [0.5, 0.6) is 0 Å². The number of amides is 1. The summed E-state index contributed by atoms with van der Waals surface area (Å²) in [4.78, 5) is 25.2. The minimum atomic E-state index is -0.369. The number of esters is 1. The smallest absolute Gasteiger partial charge is 0.325 e. The molecular formula is C13H24N2O4. The van der Waals surface area contributed by atoms with Crippen LogP contribution in [0.4, 0.5) is 0 Å². The number of nitrogens with zero attached hydrogens (tertiary/aromatic N) is 1. The van der Waals surface area contributed by atoms with E-state index in [1.165, 1.54) is 4.90 Å². The number of methoxy groups -OCH3 is 1.